The Morgan fingerprint density at radius 1 is 1.28 bits per heavy atom. The first-order valence-corrected chi connectivity index (χ1v) is 18.5. The standard InChI is InChI=1S/C37H36ClF5N6O4S/c1-5-7-19-16-51-30-26-29(45-34(46-32(26)49(19)15-23(41)42)52-17-37-10-6-11-48(37)14-18(39)12-37)28(43)25(27(30)38)20-8-9-22(40)31-24(20)21(13-44)33(54-31)47-35(50)53-36(2,3)4/h5,7-9,18-19,23H,6,10-12,14-17H2,1-4H3,(H,47,50)/b7-5+/t18-,19+,37+/m1/s1. The van der Waals surface area contributed by atoms with Crippen molar-refractivity contribution < 1.29 is 41.0 Å². The zero-order valence-electron chi connectivity index (χ0n) is 29.7. The number of allylic oxidation sites excluding steroid dienone is 1. The molecule has 0 unspecified atom stereocenters. The lowest BCUT2D eigenvalue weighted by Crippen LogP contribution is -2.43. The van der Waals surface area contributed by atoms with Crippen molar-refractivity contribution in [2.24, 2.45) is 0 Å². The van der Waals surface area contributed by atoms with E-state index in [1.54, 1.807) is 39.8 Å². The van der Waals surface area contributed by atoms with Crippen LogP contribution in [0.4, 0.5) is 37.6 Å². The van der Waals surface area contributed by atoms with Crippen molar-refractivity contribution >= 4 is 60.8 Å². The second-order valence-electron chi connectivity index (χ2n) is 14.5. The second kappa shape index (κ2) is 14.3. The van der Waals surface area contributed by atoms with Crippen LogP contribution >= 0.6 is 22.9 Å². The van der Waals surface area contributed by atoms with Gasteiger partial charge in [0.1, 0.15) is 53.2 Å². The molecule has 2 fully saturated rings. The number of aromatic nitrogens is 2. The highest BCUT2D eigenvalue weighted by atomic mass is 35.5. The van der Waals surface area contributed by atoms with E-state index in [-0.39, 0.29) is 85.9 Å². The molecule has 0 saturated carbocycles. The van der Waals surface area contributed by atoms with Crippen molar-refractivity contribution in [1.82, 2.24) is 14.9 Å². The molecule has 1 N–H and O–H groups in total. The van der Waals surface area contributed by atoms with Crippen LogP contribution in [0.15, 0.2) is 24.3 Å². The van der Waals surface area contributed by atoms with Crippen molar-refractivity contribution in [2.75, 3.05) is 43.1 Å². The fraction of sp³-hybridized carbons (Fsp3) is 0.459. The molecule has 0 spiro atoms. The number of nitriles is 1. The summed E-state index contributed by atoms with van der Waals surface area (Å²) in [5, 5.41) is 12.3. The highest BCUT2D eigenvalue weighted by molar-refractivity contribution is 7.23. The van der Waals surface area contributed by atoms with Gasteiger partial charge in [0.15, 0.2) is 11.6 Å². The van der Waals surface area contributed by atoms with Crippen LogP contribution in [0.3, 0.4) is 0 Å². The summed E-state index contributed by atoms with van der Waals surface area (Å²) in [7, 11) is 0. The summed E-state index contributed by atoms with van der Waals surface area (Å²) < 4.78 is 93.4. The van der Waals surface area contributed by atoms with Crippen molar-refractivity contribution in [3.8, 4) is 29.0 Å². The van der Waals surface area contributed by atoms with Gasteiger partial charge in [-0.25, -0.2) is 26.7 Å². The van der Waals surface area contributed by atoms with E-state index in [9.17, 15) is 23.2 Å². The lowest BCUT2D eigenvalue weighted by atomic mass is 9.95. The number of carbonyl (C=O) groups excluding carboxylic acids is 1. The molecule has 5 heterocycles. The smallest absolute Gasteiger partial charge is 0.412 e. The molecule has 10 nitrogen and oxygen atoms in total. The summed E-state index contributed by atoms with van der Waals surface area (Å²) in [6, 6.07) is 3.17. The number of benzene rings is 2. The van der Waals surface area contributed by atoms with Crippen LogP contribution in [0.5, 0.6) is 11.8 Å². The van der Waals surface area contributed by atoms with E-state index < -0.39 is 59.6 Å². The molecular weight excluding hydrogens is 755 g/mol. The van der Waals surface area contributed by atoms with Crippen LogP contribution in [-0.4, -0.2) is 83.6 Å². The Morgan fingerprint density at radius 3 is 2.76 bits per heavy atom. The number of halogens is 6. The Kier molecular flexibility index (Phi) is 10.0. The highest BCUT2D eigenvalue weighted by Gasteiger charge is 2.49. The summed E-state index contributed by atoms with van der Waals surface area (Å²) in [6.07, 6.45) is 0.238. The fourth-order valence-corrected chi connectivity index (χ4v) is 9.07. The van der Waals surface area contributed by atoms with E-state index in [0.29, 0.717) is 13.0 Å². The van der Waals surface area contributed by atoms with E-state index in [1.807, 2.05) is 11.0 Å². The number of hydrogen-bond acceptors (Lipinski definition) is 10. The van der Waals surface area contributed by atoms with E-state index in [1.165, 1.54) is 11.0 Å². The molecular formula is C37H36ClF5N6O4S. The quantitative estimate of drug-likeness (QED) is 0.138. The maximum atomic E-state index is 17.4. The maximum absolute atomic E-state index is 17.4. The molecule has 7 rings (SSSR count). The minimum Gasteiger partial charge on any atom is -0.489 e. The third kappa shape index (κ3) is 6.75. The van der Waals surface area contributed by atoms with E-state index >= 15 is 8.78 Å². The summed E-state index contributed by atoms with van der Waals surface area (Å²) in [5.74, 6) is -2.03. The number of amides is 1. The van der Waals surface area contributed by atoms with Crippen LogP contribution in [0.1, 0.15) is 52.5 Å². The second-order valence-corrected chi connectivity index (χ2v) is 15.9. The van der Waals surface area contributed by atoms with Gasteiger partial charge in [0.05, 0.1) is 38.8 Å². The lowest BCUT2D eigenvalue weighted by Gasteiger charge is -2.31. The predicted molar refractivity (Wildman–Crippen MR) is 196 cm³/mol. The van der Waals surface area contributed by atoms with Crippen molar-refractivity contribution in [3.63, 3.8) is 0 Å². The molecule has 2 saturated heterocycles. The van der Waals surface area contributed by atoms with Crippen LogP contribution in [0.25, 0.3) is 32.1 Å². The summed E-state index contributed by atoms with van der Waals surface area (Å²) in [5.41, 5.74) is -2.42. The summed E-state index contributed by atoms with van der Waals surface area (Å²) in [4.78, 5) is 25.0. The molecule has 3 aliphatic heterocycles. The average molecular weight is 791 g/mol. The number of thiophene rings is 1. The lowest BCUT2D eigenvalue weighted by molar-refractivity contribution is 0.0636. The van der Waals surface area contributed by atoms with Gasteiger partial charge in [-0.15, -0.1) is 11.3 Å². The number of carbonyl (C=O) groups is 1. The molecule has 3 atom stereocenters. The Morgan fingerprint density at radius 2 is 2.06 bits per heavy atom. The number of hydrogen-bond donors (Lipinski definition) is 1. The molecule has 0 aliphatic carbocycles. The van der Waals surface area contributed by atoms with Gasteiger partial charge >= 0.3 is 12.1 Å². The maximum Gasteiger partial charge on any atom is 0.412 e. The first-order chi connectivity index (χ1) is 25.6. The molecule has 54 heavy (non-hydrogen) atoms. The molecule has 3 aliphatic rings. The number of fused-ring (bicyclic) bond motifs is 2. The molecule has 2 aromatic heterocycles. The summed E-state index contributed by atoms with van der Waals surface area (Å²) in [6.45, 7) is 6.57. The first kappa shape index (κ1) is 37.8. The van der Waals surface area contributed by atoms with E-state index in [0.717, 1.165) is 23.8 Å². The van der Waals surface area contributed by atoms with Gasteiger partial charge in [0, 0.05) is 23.9 Å². The van der Waals surface area contributed by atoms with Crippen molar-refractivity contribution in [1.29, 1.82) is 5.26 Å². The fourth-order valence-electron chi connectivity index (χ4n) is 7.67. The minimum atomic E-state index is -2.84. The van der Waals surface area contributed by atoms with E-state index in [2.05, 4.69) is 15.3 Å². The van der Waals surface area contributed by atoms with E-state index in [4.69, 9.17) is 25.8 Å². The predicted octanol–water partition coefficient (Wildman–Crippen LogP) is 9.03. The zero-order valence-corrected chi connectivity index (χ0v) is 31.3. The minimum absolute atomic E-state index is 0.0244. The Hall–Kier alpha value is -4.46. The number of ether oxygens (including phenoxy) is 3. The van der Waals surface area contributed by atoms with Crippen molar-refractivity contribution in [2.45, 2.75) is 76.7 Å². The average Bonchev–Trinajstić information content (AvgIpc) is 3.72. The van der Waals surface area contributed by atoms with Gasteiger partial charge in [-0.3, -0.25) is 10.2 Å². The monoisotopic (exact) mass is 790 g/mol. The highest BCUT2D eigenvalue weighted by Crippen LogP contribution is 2.51. The number of nitrogens with one attached hydrogen (secondary N) is 1. The van der Waals surface area contributed by atoms with Gasteiger partial charge in [0.25, 0.3) is 6.43 Å². The van der Waals surface area contributed by atoms with Gasteiger partial charge in [-0.05, 0) is 58.7 Å². The van der Waals surface area contributed by atoms with Crippen LogP contribution < -0.4 is 19.7 Å². The topological polar surface area (TPSA) is 113 Å². The van der Waals surface area contributed by atoms with Gasteiger partial charge in [-0.2, -0.15) is 15.2 Å². The third-order valence-electron chi connectivity index (χ3n) is 9.78. The molecule has 0 radical (unpaired) electrons. The molecule has 4 aromatic rings. The van der Waals surface area contributed by atoms with Gasteiger partial charge in [0.2, 0.25) is 0 Å². The Labute approximate surface area is 316 Å². The molecule has 1 amide bonds. The van der Waals surface area contributed by atoms with Crippen LogP contribution in [0.2, 0.25) is 5.02 Å². The molecule has 286 valence electrons. The Bertz CT molecular complexity index is 2230. The first-order valence-electron chi connectivity index (χ1n) is 17.3. The molecule has 2 aromatic carbocycles. The van der Waals surface area contributed by atoms with Gasteiger partial charge in [-0.1, -0.05) is 29.8 Å². The number of rotatable bonds is 8. The summed E-state index contributed by atoms with van der Waals surface area (Å²) >= 11 is 7.76. The van der Waals surface area contributed by atoms with Crippen molar-refractivity contribution in [3.05, 3.63) is 46.5 Å². The largest absolute Gasteiger partial charge is 0.489 e. The van der Waals surface area contributed by atoms with Gasteiger partial charge < -0.3 is 19.1 Å². The third-order valence-corrected chi connectivity index (χ3v) is 11.3. The normalized spacial score (nSPS) is 21.5. The Balaban J connectivity index is 1.44. The molecule has 17 heteroatoms. The SMILES string of the molecule is C/C=C/[C@H]1COc2c(Cl)c(-c3ccc(F)c4sc(NC(=O)OC(C)(C)C)c(C#N)c34)c(F)c3nc(OC[C@@]45CCCN4C[C@H](F)C5)nc(c23)N1CC(F)F. The van der Waals surface area contributed by atoms with Crippen LogP contribution in [0, 0.1) is 23.0 Å². The number of anilines is 2. The zero-order chi connectivity index (χ0) is 38.7. The number of alkyl halides is 3. The number of nitrogens with zero attached hydrogens (tertiary/aromatic N) is 5. The van der Waals surface area contributed by atoms with Crippen LogP contribution in [-0.2, 0) is 4.74 Å². The molecule has 0 bridgehead atoms.